The van der Waals surface area contributed by atoms with E-state index in [0.29, 0.717) is 30.8 Å². The molecule has 0 aromatic heterocycles. The van der Waals surface area contributed by atoms with E-state index < -0.39 is 21.0 Å². The maximum absolute atomic E-state index is 11.4. The van der Waals surface area contributed by atoms with E-state index >= 15 is 0 Å². The molecular weight excluding hydrogens is 272 g/mol. The highest BCUT2D eigenvalue weighted by atomic mass is 32.2. The molecule has 2 rings (SSSR count). The Kier molecular flexibility index (Phi) is 3.72. The van der Waals surface area contributed by atoms with Gasteiger partial charge in [0.25, 0.3) is 5.69 Å². The summed E-state index contributed by atoms with van der Waals surface area (Å²) in [5.74, 6) is 0.490. The molecule has 7 nitrogen and oxygen atoms in total. The molecule has 19 heavy (non-hydrogen) atoms. The van der Waals surface area contributed by atoms with Gasteiger partial charge in [0.05, 0.1) is 23.8 Å². The van der Waals surface area contributed by atoms with Gasteiger partial charge < -0.3 is 4.74 Å². The van der Waals surface area contributed by atoms with Crippen molar-refractivity contribution in [3.63, 3.8) is 0 Å². The first-order valence-electron chi connectivity index (χ1n) is 5.75. The fourth-order valence-corrected chi connectivity index (χ4v) is 2.82. The molecule has 1 N–H and O–H groups in total. The van der Waals surface area contributed by atoms with Crippen molar-refractivity contribution in [3.05, 3.63) is 33.9 Å². The molecule has 1 aromatic carbocycles. The molecule has 0 spiro atoms. The molecule has 8 heteroatoms. The summed E-state index contributed by atoms with van der Waals surface area (Å²) in [6.45, 7) is 0.465. The Morgan fingerprint density at radius 3 is 2.84 bits per heavy atom. The largest absolute Gasteiger partial charge is 0.493 e. The van der Waals surface area contributed by atoms with E-state index in [1.54, 1.807) is 0 Å². The smallest absolute Gasteiger partial charge is 0.270 e. The number of hydrogen-bond donors (Lipinski definition) is 1. The SMILES string of the molecule is CS(=O)(=O)NC1CCCOc2ccc([N+](=O)[O-])cc21. The van der Waals surface area contributed by atoms with Crippen LogP contribution >= 0.6 is 0 Å². The average Bonchev–Trinajstić information content (AvgIpc) is 2.49. The predicted octanol–water partition coefficient (Wildman–Crippen LogP) is 1.36. The monoisotopic (exact) mass is 286 g/mol. The third-order valence-electron chi connectivity index (χ3n) is 2.83. The summed E-state index contributed by atoms with van der Waals surface area (Å²) in [6.07, 6.45) is 2.28. The summed E-state index contributed by atoms with van der Waals surface area (Å²) < 4.78 is 30.7. The fourth-order valence-electron chi connectivity index (χ4n) is 2.06. The standard InChI is InChI=1S/C11H14N2O5S/c1-19(16,17)12-10-3-2-6-18-11-5-4-8(13(14)15)7-9(10)11/h4-5,7,10,12H,2-3,6H2,1H3. The minimum atomic E-state index is -3.39. The summed E-state index contributed by atoms with van der Waals surface area (Å²) in [4.78, 5) is 10.3. The van der Waals surface area contributed by atoms with Crippen LogP contribution in [0.2, 0.25) is 0 Å². The molecule has 104 valence electrons. The summed E-state index contributed by atoms with van der Waals surface area (Å²) in [6, 6.07) is 3.73. The summed E-state index contributed by atoms with van der Waals surface area (Å²) in [5.41, 5.74) is 0.432. The van der Waals surface area contributed by atoms with Crippen molar-refractivity contribution in [2.24, 2.45) is 0 Å². The number of non-ortho nitro benzene ring substituents is 1. The molecule has 0 saturated heterocycles. The Morgan fingerprint density at radius 1 is 1.47 bits per heavy atom. The lowest BCUT2D eigenvalue weighted by Gasteiger charge is -2.16. The Morgan fingerprint density at radius 2 is 2.21 bits per heavy atom. The van der Waals surface area contributed by atoms with E-state index in [4.69, 9.17) is 4.74 Å². The highest BCUT2D eigenvalue weighted by Gasteiger charge is 2.24. The van der Waals surface area contributed by atoms with Gasteiger partial charge in [0.1, 0.15) is 5.75 Å². The van der Waals surface area contributed by atoms with Crippen LogP contribution < -0.4 is 9.46 Å². The molecule has 0 bridgehead atoms. The molecule has 1 heterocycles. The minimum absolute atomic E-state index is 0.0791. The number of fused-ring (bicyclic) bond motifs is 1. The van der Waals surface area contributed by atoms with Crippen LogP contribution in [-0.4, -0.2) is 26.2 Å². The molecule has 0 radical (unpaired) electrons. The number of ether oxygens (including phenoxy) is 1. The van der Waals surface area contributed by atoms with Crippen molar-refractivity contribution in [1.82, 2.24) is 4.72 Å². The van der Waals surface area contributed by atoms with Gasteiger partial charge in [-0.2, -0.15) is 0 Å². The Hall–Kier alpha value is -1.67. The van der Waals surface area contributed by atoms with Crippen LogP contribution in [0.5, 0.6) is 5.75 Å². The van der Waals surface area contributed by atoms with Gasteiger partial charge in [-0.15, -0.1) is 0 Å². The van der Waals surface area contributed by atoms with Gasteiger partial charge in [-0.1, -0.05) is 0 Å². The van der Waals surface area contributed by atoms with Gasteiger partial charge >= 0.3 is 0 Å². The van der Waals surface area contributed by atoms with E-state index in [1.165, 1.54) is 18.2 Å². The maximum Gasteiger partial charge on any atom is 0.270 e. The predicted molar refractivity (Wildman–Crippen MR) is 68.5 cm³/mol. The van der Waals surface area contributed by atoms with E-state index in [2.05, 4.69) is 4.72 Å². The highest BCUT2D eigenvalue weighted by Crippen LogP contribution is 2.34. The molecule has 1 unspecified atom stereocenters. The number of benzene rings is 1. The zero-order valence-corrected chi connectivity index (χ0v) is 11.1. The first-order chi connectivity index (χ1) is 8.87. The Balaban J connectivity index is 2.44. The Bertz CT molecular complexity index is 599. The molecule has 1 aliphatic heterocycles. The van der Waals surface area contributed by atoms with Gasteiger partial charge in [0.15, 0.2) is 0 Å². The molecule has 1 aliphatic rings. The van der Waals surface area contributed by atoms with E-state index in [1.807, 2.05) is 0 Å². The third kappa shape index (κ3) is 3.42. The molecule has 0 fully saturated rings. The van der Waals surface area contributed by atoms with Gasteiger partial charge in [-0.3, -0.25) is 10.1 Å². The van der Waals surface area contributed by atoms with Gasteiger partial charge in [0, 0.05) is 17.7 Å². The number of hydrogen-bond acceptors (Lipinski definition) is 5. The lowest BCUT2D eigenvalue weighted by atomic mass is 10.0. The molecular formula is C11H14N2O5S. The second-order valence-electron chi connectivity index (χ2n) is 4.41. The van der Waals surface area contributed by atoms with E-state index in [0.717, 1.165) is 6.26 Å². The van der Waals surface area contributed by atoms with Crippen molar-refractivity contribution < 1.29 is 18.1 Å². The Labute approximate surface area is 110 Å². The zero-order valence-electron chi connectivity index (χ0n) is 10.3. The first kappa shape index (κ1) is 13.8. The number of nitrogens with zero attached hydrogens (tertiary/aromatic N) is 1. The summed E-state index contributed by atoms with van der Waals surface area (Å²) >= 11 is 0. The van der Waals surface area contributed by atoms with Crippen LogP contribution in [0.1, 0.15) is 24.4 Å². The number of rotatable bonds is 3. The van der Waals surface area contributed by atoms with Crippen LogP contribution in [-0.2, 0) is 10.0 Å². The van der Waals surface area contributed by atoms with Crippen molar-refractivity contribution in [1.29, 1.82) is 0 Å². The average molecular weight is 286 g/mol. The van der Waals surface area contributed by atoms with Crippen LogP contribution in [0.25, 0.3) is 0 Å². The molecule has 1 atom stereocenters. The third-order valence-corrected chi connectivity index (χ3v) is 3.54. The normalized spacial score (nSPS) is 19.1. The van der Waals surface area contributed by atoms with Crippen molar-refractivity contribution in [3.8, 4) is 5.75 Å². The van der Waals surface area contributed by atoms with Crippen LogP contribution in [0, 0.1) is 10.1 Å². The lowest BCUT2D eigenvalue weighted by Crippen LogP contribution is -2.27. The van der Waals surface area contributed by atoms with Gasteiger partial charge in [-0.05, 0) is 18.9 Å². The van der Waals surface area contributed by atoms with Crippen molar-refractivity contribution >= 4 is 15.7 Å². The van der Waals surface area contributed by atoms with Crippen LogP contribution in [0.4, 0.5) is 5.69 Å². The topological polar surface area (TPSA) is 98.5 Å². The van der Waals surface area contributed by atoms with Crippen LogP contribution in [0.3, 0.4) is 0 Å². The molecule has 0 amide bonds. The number of nitrogens with one attached hydrogen (secondary N) is 1. The second kappa shape index (κ2) is 5.14. The summed E-state index contributed by atoms with van der Waals surface area (Å²) in [7, 11) is -3.39. The lowest BCUT2D eigenvalue weighted by molar-refractivity contribution is -0.385. The van der Waals surface area contributed by atoms with E-state index in [-0.39, 0.29) is 5.69 Å². The van der Waals surface area contributed by atoms with Gasteiger partial charge in [0.2, 0.25) is 10.0 Å². The zero-order chi connectivity index (χ0) is 14.0. The first-order valence-corrected chi connectivity index (χ1v) is 7.64. The number of sulfonamides is 1. The van der Waals surface area contributed by atoms with Crippen LogP contribution in [0.15, 0.2) is 18.2 Å². The molecule has 0 aliphatic carbocycles. The quantitative estimate of drug-likeness (QED) is 0.668. The highest BCUT2D eigenvalue weighted by molar-refractivity contribution is 7.88. The molecule has 0 saturated carbocycles. The number of nitro groups is 1. The second-order valence-corrected chi connectivity index (χ2v) is 6.19. The minimum Gasteiger partial charge on any atom is -0.493 e. The maximum atomic E-state index is 11.4. The van der Waals surface area contributed by atoms with Gasteiger partial charge in [-0.25, -0.2) is 13.1 Å². The van der Waals surface area contributed by atoms with Crippen molar-refractivity contribution in [2.75, 3.05) is 12.9 Å². The van der Waals surface area contributed by atoms with Crippen molar-refractivity contribution in [2.45, 2.75) is 18.9 Å². The summed E-state index contributed by atoms with van der Waals surface area (Å²) in [5, 5.41) is 10.8. The fraction of sp³-hybridized carbons (Fsp3) is 0.455. The van der Waals surface area contributed by atoms with E-state index in [9.17, 15) is 18.5 Å². The number of nitro benzene ring substituents is 1. The molecule has 1 aromatic rings.